The summed E-state index contributed by atoms with van der Waals surface area (Å²) in [5.74, 6) is -0.420. The van der Waals surface area contributed by atoms with Crippen LogP contribution >= 0.6 is 0 Å². The number of rotatable bonds is 4. The van der Waals surface area contributed by atoms with Crippen molar-refractivity contribution in [3.05, 3.63) is 29.9 Å². The monoisotopic (exact) mass is 265 g/mol. The van der Waals surface area contributed by atoms with Gasteiger partial charge in [0.15, 0.2) is 11.6 Å². The van der Waals surface area contributed by atoms with E-state index < -0.39 is 11.6 Å². The molecule has 2 rings (SSSR count). The average Bonchev–Trinajstić information content (AvgIpc) is 2.91. The van der Waals surface area contributed by atoms with Crippen molar-refractivity contribution in [2.75, 3.05) is 6.54 Å². The highest BCUT2D eigenvalue weighted by molar-refractivity contribution is 5.56. The van der Waals surface area contributed by atoms with Crippen LogP contribution in [0.15, 0.2) is 22.7 Å². The molecule has 0 saturated heterocycles. The molecule has 0 aliphatic rings. The van der Waals surface area contributed by atoms with Gasteiger partial charge in [-0.2, -0.15) is 4.98 Å². The van der Waals surface area contributed by atoms with E-state index in [1.54, 1.807) is 0 Å². The van der Waals surface area contributed by atoms with Crippen molar-refractivity contribution < 1.29 is 14.0 Å². The lowest BCUT2D eigenvalue weighted by atomic mass is 9.88. The van der Waals surface area contributed by atoms with Gasteiger partial charge < -0.3 is 15.4 Å². The number of hydrogen-bond acceptors (Lipinski definition) is 5. The molecule has 0 bridgehead atoms. The Morgan fingerprint density at radius 2 is 2.21 bits per heavy atom. The molecule has 19 heavy (non-hydrogen) atoms. The number of nitrogens with two attached hydrogens (primary N) is 1. The minimum Gasteiger partial charge on any atom is -0.505 e. The number of aromatic hydroxyl groups is 1. The fourth-order valence-electron chi connectivity index (χ4n) is 1.61. The molecule has 1 heterocycles. The summed E-state index contributed by atoms with van der Waals surface area (Å²) in [4.78, 5) is 4.26. The third-order valence-electron chi connectivity index (χ3n) is 3.38. The van der Waals surface area contributed by atoms with Crippen LogP contribution in [0.4, 0.5) is 4.39 Å². The molecule has 0 radical (unpaired) electrons. The molecule has 1 atom stereocenters. The molecule has 0 spiro atoms. The SMILES string of the molecule is CCC(C)(CN)c1nc(-c2ccc(O)c(F)c2)no1. The number of phenols is 1. The fraction of sp³-hybridized carbons (Fsp3) is 0.385. The van der Waals surface area contributed by atoms with Crippen LogP contribution < -0.4 is 5.73 Å². The Morgan fingerprint density at radius 3 is 2.79 bits per heavy atom. The normalized spacial score (nSPS) is 14.3. The number of phenolic OH excluding ortho intramolecular Hbond substituents is 1. The smallest absolute Gasteiger partial charge is 0.234 e. The highest BCUT2D eigenvalue weighted by Gasteiger charge is 2.29. The number of hydrogen-bond donors (Lipinski definition) is 2. The van der Waals surface area contributed by atoms with Crippen molar-refractivity contribution in [2.24, 2.45) is 5.73 Å². The molecule has 0 aliphatic carbocycles. The summed E-state index contributed by atoms with van der Waals surface area (Å²) in [6.45, 7) is 4.30. The Balaban J connectivity index is 2.38. The molecule has 1 aromatic carbocycles. The summed E-state index contributed by atoms with van der Waals surface area (Å²) in [6.07, 6.45) is 0.759. The van der Waals surface area contributed by atoms with Gasteiger partial charge >= 0.3 is 0 Å². The van der Waals surface area contributed by atoms with E-state index in [1.807, 2.05) is 13.8 Å². The molecule has 1 aromatic heterocycles. The fourth-order valence-corrected chi connectivity index (χ4v) is 1.61. The summed E-state index contributed by atoms with van der Waals surface area (Å²) < 4.78 is 18.5. The van der Waals surface area contributed by atoms with Crippen LogP contribution in [0.25, 0.3) is 11.4 Å². The van der Waals surface area contributed by atoms with Crippen molar-refractivity contribution >= 4 is 0 Å². The van der Waals surface area contributed by atoms with Crippen LogP contribution in [0.5, 0.6) is 5.75 Å². The quantitative estimate of drug-likeness (QED) is 0.885. The summed E-state index contributed by atoms with van der Waals surface area (Å²) in [5, 5.41) is 13.0. The van der Waals surface area contributed by atoms with Crippen LogP contribution in [-0.4, -0.2) is 21.8 Å². The molecule has 1 unspecified atom stereocenters. The Morgan fingerprint density at radius 1 is 1.47 bits per heavy atom. The molecule has 0 amide bonds. The maximum Gasteiger partial charge on any atom is 0.234 e. The average molecular weight is 265 g/mol. The lowest BCUT2D eigenvalue weighted by Gasteiger charge is -2.20. The van der Waals surface area contributed by atoms with E-state index in [9.17, 15) is 4.39 Å². The van der Waals surface area contributed by atoms with Gasteiger partial charge in [0.2, 0.25) is 11.7 Å². The number of aromatic nitrogens is 2. The second-order valence-electron chi connectivity index (χ2n) is 4.71. The van der Waals surface area contributed by atoms with Gasteiger partial charge in [0.25, 0.3) is 0 Å². The van der Waals surface area contributed by atoms with Crippen LogP contribution in [-0.2, 0) is 5.41 Å². The van der Waals surface area contributed by atoms with E-state index in [1.165, 1.54) is 12.1 Å². The zero-order valence-electron chi connectivity index (χ0n) is 10.9. The third kappa shape index (κ3) is 2.44. The molecule has 5 nitrogen and oxygen atoms in total. The zero-order valence-corrected chi connectivity index (χ0v) is 10.9. The van der Waals surface area contributed by atoms with Gasteiger partial charge in [-0.15, -0.1) is 0 Å². The van der Waals surface area contributed by atoms with E-state index in [0.717, 1.165) is 12.5 Å². The predicted octanol–water partition coefficient (Wildman–Crippen LogP) is 2.21. The van der Waals surface area contributed by atoms with Crippen LogP contribution in [0.2, 0.25) is 0 Å². The highest BCUT2D eigenvalue weighted by atomic mass is 19.1. The second-order valence-corrected chi connectivity index (χ2v) is 4.71. The van der Waals surface area contributed by atoms with Crippen molar-refractivity contribution in [3.63, 3.8) is 0 Å². The van der Waals surface area contributed by atoms with Gasteiger partial charge in [0, 0.05) is 12.1 Å². The second kappa shape index (κ2) is 4.97. The van der Waals surface area contributed by atoms with Crippen molar-refractivity contribution in [2.45, 2.75) is 25.7 Å². The van der Waals surface area contributed by atoms with E-state index in [2.05, 4.69) is 10.1 Å². The molecule has 0 fully saturated rings. The molecule has 3 N–H and O–H groups in total. The number of benzene rings is 1. The summed E-state index contributed by atoms with van der Waals surface area (Å²) in [5.41, 5.74) is 5.78. The topological polar surface area (TPSA) is 85.2 Å². The van der Waals surface area contributed by atoms with Crippen LogP contribution in [0.1, 0.15) is 26.2 Å². The Kier molecular flexibility index (Phi) is 3.53. The first-order valence-electron chi connectivity index (χ1n) is 6.03. The van der Waals surface area contributed by atoms with Crippen LogP contribution in [0.3, 0.4) is 0 Å². The van der Waals surface area contributed by atoms with Gasteiger partial charge in [-0.05, 0) is 31.5 Å². The molecule has 6 heteroatoms. The first kappa shape index (κ1) is 13.5. The van der Waals surface area contributed by atoms with E-state index in [0.29, 0.717) is 18.0 Å². The predicted molar refractivity (Wildman–Crippen MR) is 68.1 cm³/mol. The maximum atomic E-state index is 13.3. The molecule has 2 aromatic rings. The van der Waals surface area contributed by atoms with Gasteiger partial charge in [-0.3, -0.25) is 0 Å². The lowest BCUT2D eigenvalue weighted by molar-refractivity contribution is 0.291. The van der Waals surface area contributed by atoms with Crippen molar-refractivity contribution in [1.29, 1.82) is 0 Å². The third-order valence-corrected chi connectivity index (χ3v) is 3.38. The van der Waals surface area contributed by atoms with Gasteiger partial charge in [0.1, 0.15) is 0 Å². The molecular formula is C13H16FN3O2. The van der Waals surface area contributed by atoms with Crippen LogP contribution in [0, 0.1) is 5.82 Å². The standard InChI is InChI=1S/C13H16FN3O2/c1-3-13(2,7-15)12-16-11(17-19-12)8-4-5-10(18)9(14)6-8/h4-6,18H,3,7,15H2,1-2H3. The number of halogens is 1. The zero-order chi connectivity index (χ0) is 14.0. The molecule has 0 saturated carbocycles. The van der Waals surface area contributed by atoms with Gasteiger partial charge in [-0.1, -0.05) is 12.1 Å². The summed E-state index contributed by atoms with van der Waals surface area (Å²) >= 11 is 0. The summed E-state index contributed by atoms with van der Waals surface area (Å²) in [7, 11) is 0. The van der Waals surface area contributed by atoms with Crippen molar-refractivity contribution in [3.8, 4) is 17.1 Å². The molecular weight excluding hydrogens is 249 g/mol. The minimum atomic E-state index is -0.721. The molecule has 0 aliphatic heterocycles. The van der Waals surface area contributed by atoms with E-state index in [4.69, 9.17) is 15.4 Å². The highest BCUT2D eigenvalue weighted by Crippen LogP contribution is 2.28. The largest absolute Gasteiger partial charge is 0.505 e. The first-order valence-corrected chi connectivity index (χ1v) is 6.03. The van der Waals surface area contributed by atoms with Gasteiger partial charge in [-0.25, -0.2) is 4.39 Å². The molecule has 102 valence electrons. The Hall–Kier alpha value is -1.95. The Bertz CT molecular complexity index is 579. The van der Waals surface area contributed by atoms with E-state index in [-0.39, 0.29) is 11.2 Å². The summed E-state index contributed by atoms with van der Waals surface area (Å²) in [6, 6.07) is 3.94. The minimum absolute atomic E-state index is 0.280. The lowest BCUT2D eigenvalue weighted by Crippen LogP contribution is -2.31. The van der Waals surface area contributed by atoms with E-state index >= 15 is 0 Å². The number of nitrogens with zero attached hydrogens (tertiary/aromatic N) is 2. The maximum absolute atomic E-state index is 13.3. The first-order chi connectivity index (χ1) is 9.00. The van der Waals surface area contributed by atoms with Gasteiger partial charge in [0.05, 0.1) is 5.41 Å². The van der Waals surface area contributed by atoms with Crippen molar-refractivity contribution in [1.82, 2.24) is 10.1 Å². The Labute approximate surface area is 110 Å².